The monoisotopic (exact) mass is 483 g/mol. The largest absolute Gasteiger partial charge is 0.444 e. The number of hydrogen-bond acceptors (Lipinski definition) is 5. The molecule has 3 amide bonds. The van der Waals surface area contributed by atoms with Gasteiger partial charge in [0.25, 0.3) is 0 Å². The lowest BCUT2D eigenvalue weighted by molar-refractivity contribution is -0.145. The van der Waals surface area contributed by atoms with Crippen LogP contribution in [0.3, 0.4) is 0 Å². The minimum absolute atomic E-state index is 0.293. The maximum absolute atomic E-state index is 13.6. The van der Waals surface area contributed by atoms with E-state index in [4.69, 9.17) is 4.74 Å². The zero-order valence-electron chi connectivity index (χ0n) is 21.4. The molecule has 8 heteroatoms. The van der Waals surface area contributed by atoms with Crippen LogP contribution in [0, 0.1) is 6.92 Å². The number of ether oxygens (including phenoxy) is 1. The number of aryl methyl sites for hydroxylation is 1. The SMILES string of the molecule is Cc1ccccc1C(C(=O)NCc1ccccc1)N(C(=O)C(CO)NC(=O)OC(C)(C)C)C(C)C. The number of carbonyl (C=O) groups is 3. The van der Waals surface area contributed by atoms with Gasteiger partial charge in [-0.25, -0.2) is 4.79 Å². The van der Waals surface area contributed by atoms with Crippen LogP contribution in [-0.4, -0.2) is 52.2 Å². The summed E-state index contributed by atoms with van der Waals surface area (Å²) >= 11 is 0. The number of alkyl carbamates (subject to hydrolysis) is 1. The molecule has 0 radical (unpaired) electrons. The van der Waals surface area contributed by atoms with E-state index in [0.29, 0.717) is 12.1 Å². The van der Waals surface area contributed by atoms with E-state index in [-0.39, 0.29) is 5.91 Å². The van der Waals surface area contributed by atoms with Gasteiger partial charge in [0.15, 0.2) is 0 Å². The Morgan fingerprint density at radius 3 is 2.14 bits per heavy atom. The normalized spacial score (nSPS) is 13.0. The van der Waals surface area contributed by atoms with Crippen LogP contribution >= 0.6 is 0 Å². The molecule has 3 N–H and O–H groups in total. The zero-order chi connectivity index (χ0) is 26.2. The Morgan fingerprint density at radius 2 is 1.60 bits per heavy atom. The van der Waals surface area contributed by atoms with Crippen molar-refractivity contribution < 1.29 is 24.2 Å². The first-order chi connectivity index (χ1) is 16.4. The Kier molecular flexibility index (Phi) is 9.83. The number of benzene rings is 2. The van der Waals surface area contributed by atoms with Gasteiger partial charge >= 0.3 is 6.09 Å². The molecule has 190 valence electrons. The molecular weight excluding hydrogens is 446 g/mol. The topological polar surface area (TPSA) is 108 Å². The zero-order valence-corrected chi connectivity index (χ0v) is 21.4. The lowest BCUT2D eigenvalue weighted by Crippen LogP contribution is -2.56. The summed E-state index contributed by atoms with van der Waals surface area (Å²) < 4.78 is 5.25. The summed E-state index contributed by atoms with van der Waals surface area (Å²) in [6, 6.07) is 14.2. The Bertz CT molecular complexity index is 1000. The molecule has 2 rings (SSSR count). The molecule has 0 fully saturated rings. The van der Waals surface area contributed by atoms with E-state index in [0.717, 1.165) is 11.1 Å². The minimum atomic E-state index is -1.28. The van der Waals surface area contributed by atoms with Crippen LogP contribution in [0.15, 0.2) is 54.6 Å². The number of amides is 3. The van der Waals surface area contributed by atoms with Gasteiger partial charge in [0.2, 0.25) is 11.8 Å². The third-order valence-electron chi connectivity index (χ3n) is 5.30. The Morgan fingerprint density at radius 1 is 1.00 bits per heavy atom. The summed E-state index contributed by atoms with van der Waals surface area (Å²) in [5, 5.41) is 15.3. The first-order valence-electron chi connectivity index (χ1n) is 11.7. The van der Waals surface area contributed by atoms with Crippen molar-refractivity contribution in [3.05, 3.63) is 71.3 Å². The lowest BCUT2D eigenvalue weighted by atomic mass is 9.97. The highest BCUT2D eigenvalue weighted by Crippen LogP contribution is 2.27. The van der Waals surface area contributed by atoms with E-state index in [9.17, 15) is 19.5 Å². The Labute approximate surface area is 207 Å². The highest BCUT2D eigenvalue weighted by atomic mass is 16.6. The van der Waals surface area contributed by atoms with Gasteiger partial charge in [-0.3, -0.25) is 9.59 Å². The molecule has 2 aromatic carbocycles. The summed E-state index contributed by atoms with van der Waals surface area (Å²) in [5.41, 5.74) is 1.65. The summed E-state index contributed by atoms with van der Waals surface area (Å²) in [6.07, 6.45) is -0.824. The van der Waals surface area contributed by atoms with E-state index < -0.39 is 42.3 Å². The fraction of sp³-hybridized carbons (Fsp3) is 0.444. The van der Waals surface area contributed by atoms with E-state index in [1.807, 2.05) is 55.5 Å². The lowest BCUT2D eigenvalue weighted by Gasteiger charge is -2.37. The highest BCUT2D eigenvalue weighted by molar-refractivity contribution is 5.92. The molecule has 0 aromatic heterocycles. The number of nitrogens with zero attached hydrogens (tertiary/aromatic N) is 1. The Hall–Kier alpha value is -3.39. The molecule has 0 aliphatic carbocycles. The van der Waals surface area contributed by atoms with Gasteiger partial charge in [0.05, 0.1) is 6.61 Å². The van der Waals surface area contributed by atoms with Crippen molar-refractivity contribution in [3.63, 3.8) is 0 Å². The number of aliphatic hydroxyl groups is 1. The van der Waals surface area contributed by atoms with Crippen molar-refractivity contribution in [2.45, 2.75) is 71.8 Å². The molecule has 0 saturated heterocycles. The maximum Gasteiger partial charge on any atom is 0.408 e. The number of rotatable bonds is 9. The molecule has 0 aliphatic heterocycles. The van der Waals surface area contributed by atoms with Gasteiger partial charge < -0.3 is 25.4 Å². The van der Waals surface area contributed by atoms with Gasteiger partial charge in [0.1, 0.15) is 17.7 Å². The summed E-state index contributed by atoms with van der Waals surface area (Å²) in [4.78, 5) is 40.9. The van der Waals surface area contributed by atoms with E-state index in [2.05, 4.69) is 10.6 Å². The van der Waals surface area contributed by atoms with Crippen molar-refractivity contribution in [1.29, 1.82) is 0 Å². The smallest absolute Gasteiger partial charge is 0.408 e. The predicted octanol–water partition coefficient (Wildman–Crippen LogP) is 3.48. The fourth-order valence-corrected chi connectivity index (χ4v) is 3.69. The first-order valence-corrected chi connectivity index (χ1v) is 11.7. The predicted molar refractivity (Wildman–Crippen MR) is 134 cm³/mol. The van der Waals surface area contributed by atoms with Crippen LogP contribution in [0.5, 0.6) is 0 Å². The second-order valence-electron chi connectivity index (χ2n) is 9.68. The molecule has 35 heavy (non-hydrogen) atoms. The van der Waals surface area contributed by atoms with Crippen LogP contribution in [0.2, 0.25) is 0 Å². The second kappa shape index (κ2) is 12.4. The third-order valence-corrected chi connectivity index (χ3v) is 5.30. The van der Waals surface area contributed by atoms with Gasteiger partial charge in [-0.15, -0.1) is 0 Å². The minimum Gasteiger partial charge on any atom is -0.444 e. The van der Waals surface area contributed by atoms with Crippen LogP contribution < -0.4 is 10.6 Å². The molecule has 0 bridgehead atoms. The first kappa shape index (κ1) is 27.9. The number of aliphatic hydroxyl groups excluding tert-OH is 1. The summed E-state index contributed by atoms with van der Waals surface area (Å²) in [6.45, 7) is 10.2. The van der Waals surface area contributed by atoms with Gasteiger partial charge in [0, 0.05) is 12.6 Å². The van der Waals surface area contributed by atoms with Crippen molar-refractivity contribution in [1.82, 2.24) is 15.5 Å². The van der Waals surface area contributed by atoms with Crippen molar-refractivity contribution in [2.75, 3.05) is 6.61 Å². The van der Waals surface area contributed by atoms with E-state index in [1.165, 1.54) is 4.90 Å². The molecule has 0 saturated carbocycles. The van der Waals surface area contributed by atoms with Crippen molar-refractivity contribution >= 4 is 17.9 Å². The summed E-state index contributed by atoms with van der Waals surface area (Å²) in [5.74, 6) is -0.948. The van der Waals surface area contributed by atoms with Crippen LogP contribution in [0.4, 0.5) is 4.79 Å². The molecule has 0 spiro atoms. The molecular formula is C27H37N3O5. The van der Waals surface area contributed by atoms with E-state index >= 15 is 0 Å². The van der Waals surface area contributed by atoms with Crippen molar-refractivity contribution in [3.8, 4) is 0 Å². The van der Waals surface area contributed by atoms with Gasteiger partial charge in [-0.1, -0.05) is 54.6 Å². The molecule has 2 aromatic rings. The molecule has 2 unspecified atom stereocenters. The average molecular weight is 484 g/mol. The second-order valence-corrected chi connectivity index (χ2v) is 9.68. The molecule has 0 aliphatic rings. The highest BCUT2D eigenvalue weighted by Gasteiger charge is 2.38. The van der Waals surface area contributed by atoms with Gasteiger partial charge in [-0.05, 0) is 58.2 Å². The number of carbonyl (C=O) groups excluding carboxylic acids is 3. The molecule has 8 nitrogen and oxygen atoms in total. The van der Waals surface area contributed by atoms with Crippen LogP contribution in [0.1, 0.15) is 57.4 Å². The fourth-order valence-electron chi connectivity index (χ4n) is 3.69. The van der Waals surface area contributed by atoms with Crippen molar-refractivity contribution in [2.24, 2.45) is 0 Å². The van der Waals surface area contributed by atoms with Crippen LogP contribution in [0.25, 0.3) is 0 Å². The maximum atomic E-state index is 13.6. The molecule has 0 heterocycles. The Balaban J connectivity index is 2.39. The number of hydrogen-bond donors (Lipinski definition) is 3. The third kappa shape index (κ3) is 8.10. The molecule has 2 atom stereocenters. The standard InChI is InChI=1S/C27H37N3O5/c1-18(2)30(25(33)22(17-31)29-26(34)35-27(4,5)6)23(21-15-11-10-12-19(21)3)24(32)28-16-20-13-8-7-9-14-20/h7-15,18,22-23,31H,16-17H2,1-6H3,(H,28,32)(H,29,34). The van der Waals surface area contributed by atoms with Gasteiger partial charge in [-0.2, -0.15) is 0 Å². The van der Waals surface area contributed by atoms with Crippen LogP contribution in [-0.2, 0) is 20.9 Å². The van der Waals surface area contributed by atoms with E-state index in [1.54, 1.807) is 40.7 Å². The average Bonchev–Trinajstić information content (AvgIpc) is 2.79. The number of nitrogens with one attached hydrogen (secondary N) is 2. The quantitative estimate of drug-likeness (QED) is 0.506. The summed E-state index contributed by atoms with van der Waals surface area (Å²) in [7, 11) is 0.